The van der Waals surface area contributed by atoms with Crippen LogP contribution in [0.2, 0.25) is 0 Å². The zero-order chi connectivity index (χ0) is 21.1. The van der Waals surface area contributed by atoms with Crippen molar-refractivity contribution >= 4 is 25.5 Å². The Labute approximate surface area is 170 Å². The highest BCUT2D eigenvalue weighted by Gasteiger charge is 2.38. The Hall–Kier alpha value is -2.30. The van der Waals surface area contributed by atoms with E-state index in [1.165, 1.54) is 12.1 Å². The van der Waals surface area contributed by atoms with Crippen LogP contribution in [-0.2, 0) is 19.9 Å². The molecule has 2 aromatic carbocycles. The molecule has 1 aliphatic rings. The maximum absolute atomic E-state index is 13.3. The van der Waals surface area contributed by atoms with Gasteiger partial charge in [0.05, 0.1) is 14.7 Å². The summed E-state index contributed by atoms with van der Waals surface area (Å²) in [5.41, 5.74) is -0.246. The van der Waals surface area contributed by atoms with Gasteiger partial charge in [-0.25, -0.2) is 16.8 Å². The van der Waals surface area contributed by atoms with Crippen LogP contribution in [0, 0.1) is 16.0 Å². The van der Waals surface area contributed by atoms with Crippen LogP contribution in [0.4, 0.5) is 5.69 Å². The number of rotatable bonds is 7. The van der Waals surface area contributed by atoms with E-state index in [9.17, 15) is 26.9 Å². The summed E-state index contributed by atoms with van der Waals surface area (Å²) in [5.74, 6) is -0.346. The number of hydrogen-bond acceptors (Lipinski definition) is 6. The summed E-state index contributed by atoms with van der Waals surface area (Å²) in [6.45, 7) is 0. The van der Waals surface area contributed by atoms with Gasteiger partial charge in [-0.1, -0.05) is 37.5 Å². The minimum Gasteiger partial charge on any atom is -0.258 e. The molecule has 0 radical (unpaired) electrons. The summed E-state index contributed by atoms with van der Waals surface area (Å²) in [6, 6.07) is 12.1. The van der Waals surface area contributed by atoms with Gasteiger partial charge < -0.3 is 0 Å². The van der Waals surface area contributed by atoms with E-state index < -0.39 is 30.2 Å². The molecule has 0 heterocycles. The lowest BCUT2D eigenvalue weighted by Gasteiger charge is -2.30. The Morgan fingerprint density at radius 1 is 0.862 bits per heavy atom. The van der Waals surface area contributed by atoms with Gasteiger partial charge in [-0.15, -0.1) is 0 Å². The highest BCUT2D eigenvalue weighted by atomic mass is 32.2. The second-order valence-electron chi connectivity index (χ2n) is 7.05. The van der Waals surface area contributed by atoms with Gasteiger partial charge in [-0.2, -0.15) is 4.72 Å². The van der Waals surface area contributed by atoms with Crippen LogP contribution in [0.15, 0.2) is 64.4 Å². The van der Waals surface area contributed by atoms with Crippen molar-refractivity contribution in [3.8, 4) is 0 Å². The predicted octanol–water partition coefficient (Wildman–Crippen LogP) is 3.25. The normalized spacial score (nSPS) is 17.0. The third-order valence-electron chi connectivity index (χ3n) is 5.11. The lowest BCUT2D eigenvalue weighted by Crippen LogP contribution is -2.46. The molecule has 29 heavy (non-hydrogen) atoms. The van der Waals surface area contributed by atoms with Crippen LogP contribution in [-0.4, -0.2) is 27.1 Å². The average Bonchev–Trinajstić information content (AvgIpc) is 2.73. The van der Waals surface area contributed by atoms with Gasteiger partial charge in [0.2, 0.25) is 10.0 Å². The Morgan fingerprint density at radius 3 is 2.00 bits per heavy atom. The summed E-state index contributed by atoms with van der Waals surface area (Å²) >= 11 is 0. The molecular weight excluding hydrogens is 416 g/mol. The van der Waals surface area contributed by atoms with Gasteiger partial charge in [-0.3, -0.25) is 10.1 Å². The second-order valence-corrected chi connectivity index (χ2v) is 10.8. The van der Waals surface area contributed by atoms with Crippen LogP contribution in [0.1, 0.15) is 32.1 Å². The minimum atomic E-state index is -4.19. The Balaban J connectivity index is 1.97. The Kier molecular flexibility index (Phi) is 6.35. The number of nitro groups is 1. The molecule has 0 bridgehead atoms. The molecule has 2 aromatic rings. The predicted molar refractivity (Wildman–Crippen MR) is 107 cm³/mol. The Morgan fingerprint density at radius 2 is 1.45 bits per heavy atom. The quantitative estimate of drug-likeness (QED) is 0.523. The number of non-ortho nitro benzene ring substituents is 1. The third kappa shape index (κ3) is 4.82. The fourth-order valence-corrected chi connectivity index (χ4v) is 7.20. The van der Waals surface area contributed by atoms with E-state index in [-0.39, 0.29) is 21.4 Å². The molecule has 1 atom stereocenters. The van der Waals surface area contributed by atoms with Gasteiger partial charge in [-0.05, 0) is 43.0 Å². The van der Waals surface area contributed by atoms with Crippen molar-refractivity contribution < 1.29 is 21.8 Å². The van der Waals surface area contributed by atoms with Crippen LogP contribution in [0.25, 0.3) is 0 Å². The van der Waals surface area contributed by atoms with Crippen molar-refractivity contribution in [3.05, 3.63) is 64.7 Å². The number of nitrogens with zero attached hydrogens (tertiary/aromatic N) is 1. The van der Waals surface area contributed by atoms with Crippen LogP contribution >= 0.6 is 0 Å². The number of nitro benzene ring substituents is 1. The number of benzene rings is 2. The zero-order valence-corrected chi connectivity index (χ0v) is 17.2. The standard InChI is InChI=1S/C19H22N2O6S2/c22-21(23)16-11-13-18(14-12-16)29(26,27)20-19(15-7-3-1-4-8-15)28(24,25)17-9-5-2-6-10-17/h2,5-6,9-15,19-20H,1,3-4,7-8H2. The average molecular weight is 439 g/mol. The fraction of sp³-hybridized carbons (Fsp3) is 0.368. The lowest BCUT2D eigenvalue weighted by atomic mass is 9.89. The van der Waals surface area contributed by atoms with Gasteiger partial charge in [0.1, 0.15) is 5.37 Å². The molecule has 1 saturated carbocycles. The van der Waals surface area contributed by atoms with Crippen LogP contribution < -0.4 is 4.72 Å². The molecule has 3 rings (SSSR count). The highest BCUT2D eigenvalue weighted by molar-refractivity contribution is 7.94. The second kappa shape index (κ2) is 8.60. The topological polar surface area (TPSA) is 123 Å². The molecule has 1 fully saturated rings. The summed E-state index contributed by atoms with van der Waals surface area (Å²) in [6.07, 6.45) is 3.89. The third-order valence-corrected chi connectivity index (χ3v) is 8.82. The van der Waals surface area contributed by atoms with E-state index in [2.05, 4.69) is 4.72 Å². The van der Waals surface area contributed by atoms with Crippen molar-refractivity contribution in [2.45, 2.75) is 47.3 Å². The molecule has 0 aromatic heterocycles. The molecule has 0 aliphatic heterocycles. The first kappa shape index (κ1) is 21.4. The zero-order valence-electron chi connectivity index (χ0n) is 15.6. The van der Waals surface area contributed by atoms with Gasteiger partial charge in [0.25, 0.3) is 5.69 Å². The molecular formula is C19H22N2O6S2. The van der Waals surface area contributed by atoms with Crippen LogP contribution in [0.5, 0.6) is 0 Å². The summed E-state index contributed by atoms with van der Waals surface area (Å²) in [7, 11) is -8.16. The first-order chi connectivity index (χ1) is 13.7. The molecule has 0 saturated heterocycles. The minimum absolute atomic E-state index is 0.0574. The van der Waals surface area contributed by atoms with Crippen molar-refractivity contribution in [3.63, 3.8) is 0 Å². The van der Waals surface area contributed by atoms with E-state index in [1.807, 2.05) is 0 Å². The van der Waals surface area contributed by atoms with E-state index in [4.69, 9.17) is 0 Å². The fourth-order valence-electron chi connectivity index (χ4n) is 3.57. The summed E-state index contributed by atoms with van der Waals surface area (Å²) < 4.78 is 54.7. The largest absolute Gasteiger partial charge is 0.269 e. The molecule has 10 heteroatoms. The number of sulfone groups is 1. The summed E-state index contributed by atoms with van der Waals surface area (Å²) in [5, 5.41) is 9.50. The lowest BCUT2D eigenvalue weighted by molar-refractivity contribution is -0.384. The highest BCUT2D eigenvalue weighted by Crippen LogP contribution is 2.32. The van der Waals surface area contributed by atoms with Crippen molar-refractivity contribution in [1.82, 2.24) is 4.72 Å². The van der Waals surface area contributed by atoms with E-state index >= 15 is 0 Å². The molecule has 1 aliphatic carbocycles. The number of nitrogens with one attached hydrogen (secondary N) is 1. The van der Waals surface area contributed by atoms with Gasteiger partial charge in [0, 0.05) is 12.1 Å². The SMILES string of the molecule is O=[N+]([O-])c1ccc(S(=O)(=O)NC(C2CCCCC2)S(=O)(=O)c2ccccc2)cc1. The first-order valence-electron chi connectivity index (χ1n) is 9.27. The smallest absolute Gasteiger partial charge is 0.258 e. The molecule has 0 amide bonds. The Bertz CT molecular complexity index is 1060. The monoisotopic (exact) mass is 438 g/mol. The van der Waals surface area contributed by atoms with Crippen molar-refractivity contribution in [2.75, 3.05) is 0 Å². The number of sulfonamides is 1. The maximum atomic E-state index is 13.3. The van der Waals surface area contributed by atoms with Gasteiger partial charge in [0.15, 0.2) is 9.84 Å². The number of hydrogen-bond donors (Lipinski definition) is 1. The van der Waals surface area contributed by atoms with E-state index in [0.717, 1.165) is 43.5 Å². The van der Waals surface area contributed by atoms with Crippen LogP contribution in [0.3, 0.4) is 0 Å². The molecule has 156 valence electrons. The van der Waals surface area contributed by atoms with Crippen molar-refractivity contribution in [2.24, 2.45) is 5.92 Å². The molecule has 8 nitrogen and oxygen atoms in total. The van der Waals surface area contributed by atoms with Crippen molar-refractivity contribution in [1.29, 1.82) is 0 Å². The van der Waals surface area contributed by atoms with Gasteiger partial charge >= 0.3 is 0 Å². The summed E-state index contributed by atoms with van der Waals surface area (Å²) in [4.78, 5) is 10.0. The molecule has 1 unspecified atom stereocenters. The molecule has 1 N–H and O–H groups in total. The maximum Gasteiger partial charge on any atom is 0.269 e. The first-order valence-corrected chi connectivity index (χ1v) is 12.3. The van der Waals surface area contributed by atoms with E-state index in [1.54, 1.807) is 18.2 Å². The van der Waals surface area contributed by atoms with E-state index in [0.29, 0.717) is 12.8 Å². The molecule has 0 spiro atoms.